The van der Waals surface area contributed by atoms with Gasteiger partial charge in [0.15, 0.2) is 5.17 Å². The van der Waals surface area contributed by atoms with Crippen molar-refractivity contribution in [2.75, 3.05) is 14.2 Å². The van der Waals surface area contributed by atoms with Gasteiger partial charge in [-0.3, -0.25) is 4.99 Å². The summed E-state index contributed by atoms with van der Waals surface area (Å²) in [6, 6.07) is 0. The predicted molar refractivity (Wildman–Crippen MR) is 66.6 cm³/mol. The van der Waals surface area contributed by atoms with Crippen LogP contribution in [0.1, 0.15) is 20.3 Å². The summed E-state index contributed by atoms with van der Waals surface area (Å²) in [6.45, 7) is 3.99. The summed E-state index contributed by atoms with van der Waals surface area (Å²) in [4.78, 5) is 15.8. The molecule has 0 heterocycles. The predicted octanol–water partition coefficient (Wildman–Crippen LogP) is 1.67. The average molecular weight is 246 g/mol. The smallest absolute Gasteiger partial charge is 0.354 e. The maximum atomic E-state index is 10.7. The Morgan fingerprint density at radius 3 is 2.69 bits per heavy atom. The number of nitrogens with zero attached hydrogens (tertiary/aromatic N) is 1. The number of rotatable bonds is 5. The van der Waals surface area contributed by atoms with Crippen LogP contribution < -0.4 is 5.32 Å². The number of hydrogen-bond acceptors (Lipinski definition) is 4. The van der Waals surface area contributed by atoms with Gasteiger partial charge in [0.1, 0.15) is 0 Å². The highest BCUT2D eigenvalue weighted by atomic mass is 32.2. The lowest BCUT2D eigenvalue weighted by molar-refractivity contribution is -0.149. The van der Waals surface area contributed by atoms with Gasteiger partial charge in [-0.25, -0.2) is 4.79 Å². The summed E-state index contributed by atoms with van der Waals surface area (Å²) >= 11 is 1.39. The van der Waals surface area contributed by atoms with Crippen molar-refractivity contribution in [1.82, 2.24) is 5.32 Å². The number of methoxy groups -OCH3 is 1. The number of thioether (sulfide) groups is 1. The fourth-order valence-electron chi connectivity index (χ4n) is 0.955. The molecule has 0 aliphatic carbocycles. The van der Waals surface area contributed by atoms with Crippen molar-refractivity contribution in [3.63, 3.8) is 0 Å². The molecule has 2 N–H and O–H groups in total. The maximum absolute atomic E-state index is 10.7. The molecule has 6 heteroatoms. The number of nitrogens with one attached hydrogen (secondary N) is 1. The van der Waals surface area contributed by atoms with Gasteiger partial charge in [0.05, 0.1) is 0 Å². The van der Waals surface area contributed by atoms with E-state index < -0.39 is 12.2 Å². The minimum atomic E-state index is -1.07. The lowest BCUT2D eigenvalue weighted by Crippen LogP contribution is -2.40. The van der Waals surface area contributed by atoms with Crippen molar-refractivity contribution in [3.8, 4) is 0 Å². The van der Waals surface area contributed by atoms with Crippen LogP contribution in [0.5, 0.6) is 0 Å². The van der Waals surface area contributed by atoms with Crippen LogP contribution in [-0.4, -0.2) is 36.6 Å². The highest BCUT2D eigenvalue weighted by Crippen LogP contribution is 2.16. The molecular weight excluding hydrogens is 228 g/mol. The molecule has 16 heavy (non-hydrogen) atoms. The zero-order valence-corrected chi connectivity index (χ0v) is 10.8. The number of carbonyl (C=O) groups is 1. The van der Waals surface area contributed by atoms with Crippen molar-refractivity contribution in [2.24, 2.45) is 4.99 Å². The Bertz CT molecular complexity index is 290. The van der Waals surface area contributed by atoms with Crippen LogP contribution in [0.15, 0.2) is 16.0 Å². The average Bonchev–Trinajstić information content (AvgIpc) is 2.23. The molecule has 0 spiro atoms. The minimum Gasteiger partial charge on any atom is -0.478 e. The number of carboxylic acid groups (broad SMARTS) is 1. The van der Waals surface area contributed by atoms with Crippen LogP contribution in [0.3, 0.4) is 0 Å². The molecule has 0 saturated carbocycles. The Hall–Kier alpha value is -1.01. The summed E-state index contributed by atoms with van der Waals surface area (Å²) in [5, 5.41) is 12.0. The molecule has 0 amide bonds. The SMILES string of the molecule is CC/C=C(/C)SC(=NC)NC(OC)C(=O)O. The van der Waals surface area contributed by atoms with Gasteiger partial charge in [0, 0.05) is 14.2 Å². The number of ether oxygens (including phenoxy) is 1. The van der Waals surface area contributed by atoms with Gasteiger partial charge in [-0.1, -0.05) is 24.8 Å². The Balaban J connectivity index is 4.42. The number of aliphatic carboxylic acids is 1. The molecule has 1 atom stereocenters. The van der Waals surface area contributed by atoms with Crippen LogP contribution in [-0.2, 0) is 9.53 Å². The highest BCUT2D eigenvalue weighted by Gasteiger charge is 2.17. The second-order valence-electron chi connectivity index (χ2n) is 2.95. The van der Waals surface area contributed by atoms with E-state index in [0.717, 1.165) is 11.3 Å². The summed E-state index contributed by atoms with van der Waals surface area (Å²) < 4.78 is 4.76. The van der Waals surface area contributed by atoms with Gasteiger partial charge in [-0.05, 0) is 18.2 Å². The lowest BCUT2D eigenvalue weighted by atomic mass is 10.4. The zero-order chi connectivity index (χ0) is 12.6. The van der Waals surface area contributed by atoms with E-state index in [1.54, 1.807) is 7.05 Å². The molecule has 0 aromatic carbocycles. The van der Waals surface area contributed by atoms with Crippen molar-refractivity contribution >= 4 is 22.9 Å². The number of carboxylic acids is 1. The molecule has 0 rings (SSSR count). The van der Waals surface area contributed by atoms with Crippen LogP contribution >= 0.6 is 11.8 Å². The molecule has 0 bridgehead atoms. The molecule has 0 aliphatic rings. The van der Waals surface area contributed by atoms with Gasteiger partial charge in [0.2, 0.25) is 6.23 Å². The van der Waals surface area contributed by atoms with E-state index in [2.05, 4.69) is 10.3 Å². The van der Waals surface area contributed by atoms with Crippen molar-refractivity contribution in [3.05, 3.63) is 11.0 Å². The van der Waals surface area contributed by atoms with E-state index in [-0.39, 0.29) is 0 Å². The molecular formula is C10H18N2O3S. The molecule has 0 aromatic heterocycles. The van der Waals surface area contributed by atoms with Crippen LogP contribution in [0.2, 0.25) is 0 Å². The maximum Gasteiger partial charge on any atom is 0.354 e. The van der Waals surface area contributed by atoms with E-state index in [1.165, 1.54) is 18.9 Å². The second-order valence-corrected chi connectivity index (χ2v) is 4.19. The Kier molecular flexibility index (Phi) is 7.66. The normalized spacial score (nSPS) is 14.8. The summed E-state index contributed by atoms with van der Waals surface area (Å²) in [5.74, 6) is -1.07. The van der Waals surface area contributed by atoms with Crippen molar-refractivity contribution < 1.29 is 14.6 Å². The van der Waals surface area contributed by atoms with E-state index in [4.69, 9.17) is 9.84 Å². The molecule has 0 saturated heterocycles. The zero-order valence-electron chi connectivity index (χ0n) is 9.98. The lowest BCUT2D eigenvalue weighted by Gasteiger charge is -2.14. The number of hydrogen-bond donors (Lipinski definition) is 2. The first kappa shape index (κ1) is 15.0. The van der Waals surface area contributed by atoms with Crippen LogP contribution in [0.25, 0.3) is 0 Å². The van der Waals surface area contributed by atoms with Gasteiger partial charge in [0.25, 0.3) is 0 Å². The molecule has 5 nitrogen and oxygen atoms in total. The molecule has 0 fully saturated rings. The molecule has 0 radical (unpaired) electrons. The first-order chi connectivity index (χ1) is 7.54. The van der Waals surface area contributed by atoms with Crippen LogP contribution in [0.4, 0.5) is 0 Å². The third kappa shape index (κ3) is 5.77. The van der Waals surface area contributed by atoms with Gasteiger partial charge < -0.3 is 15.2 Å². The standard InChI is InChI=1S/C10H18N2O3S/c1-5-6-7(2)16-10(11-3)12-8(15-4)9(13)14/h6,8H,5H2,1-4H3,(H,11,12)(H,13,14)/b7-6-. The summed E-state index contributed by atoms with van der Waals surface area (Å²) in [5.41, 5.74) is 0. The topological polar surface area (TPSA) is 70.9 Å². The van der Waals surface area contributed by atoms with E-state index in [1.807, 2.05) is 19.9 Å². The Morgan fingerprint density at radius 1 is 1.69 bits per heavy atom. The van der Waals surface area contributed by atoms with Gasteiger partial charge in [-0.2, -0.15) is 0 Å². The fourth-order valence-corrected chi connectivity index (χ4v) is 1.77. The number of aliphatic imine (C=N–C) groups is 1. The van der Waals surface area contributed by atoms with Gasteiger partial charge >= 0.3 is 5.97 Å². The summed E-state index contributed by atoms with van der Waals surface area (Å²) in [7, 11) is 2.93. The third-order valence-electron chi connectivity index (χ3n) is 1.67. The van der Waals surface area contributed by atoms with E-state index in [0.29, 0.717) is 5.17 Å². The quantitative estimate of drug-likeness (QED) is 0.438. The van der Waals surface area contributed by atoms with E-state index >= 15 is 0 Å². The third-order valence-corrected chi connectivity index (χ3v) is 2.65. The molecule has 0 aromatic rings. The van der Waals surface area contributed by atoms with Gasteiger partial charge in [-0.15, -0.1) is 0 Å². The van der Waals surface area contributed by atoms with Crippen molar-refractivity contribution in [1.29, 1.82) is 0 Å². The number of amidine groups is 1. The monoisotopic (exact) mass is 246 g/mol. The van der Waals surface area contributed by atoms with E-state index in [9.17, 15) is 4.79 Å². The summed E-state index contributed by atoms with van der Waals surface area (Å²) in [6.07, 6.45) is 1.91. The molecule has 92 valence electrons. The number of allylic oxidation sites excluding steroid dienone is 2. The van der Waals surface area contributed by atoms with Crippen molar-refractivity contribution in [2.45, 2.75) is 26.5 Å². The minimum absolute atomic E-state index is 0.524. The Morgan fingerprint density at radius 2 is 2.31 bits per heavy atom. The Labute approximate surface area is 100.0 Å². The largest absolute Gasteiger partial charge is 0.478 e. The fraction of sp³-hybridized carbons (Fsp3) is 0.600. The second kappa shape index (κ2) is 8.18. The van der Waals surface area contributed by atoms with Crippen LogP contribution in [0, 0.1) is 0 Å². The molecule has 0 aliphatic heterocycles. The first-order valence-corrected chi connectivity index (χ1v) is 5.70. The highest BCUT2D eigenvalue weighted by molar-refractivity contribution is 8.17. The first-order valence-electron chi connectivity index (χ1n) is 4.88. The molecule has 1 unspecified atom stereocenters.